The van der Waals surface area contributed by atoms with E-state index < -0.39 is 12.5 Å². The van der Waals surface area contributed by atoms with Crippen LogP contribution in [-0.4, -0.2) is 17.6 Å². The highest BCUT2D eigenvalue weighted by molar-refractivity contribution is 4.83. The summed E-state index contributed by atoms with van der Waals surface area (Å²) in [5.41, 5.74) is 0.265. The van der Waals surface area contributed by atoms with E-state index in [1.165, 1.54) is 0 Å². The van der Waals surface area contributed by atoms with E-state index in [4.69, 9.17) is 0 Å². The van der Waals surface area contributed by atoms with Crippen LogP contribution in [0.15, 0.2) is 0 Å². The highest BCUT2D eigenvalue weighted by Crippen LogP contribution is 2.41. The number of aliphatic hydroxyl groups is 1. The summed E-state index contributed by atoms with van der Waals surface area (Å²) in [4.78, 5) is 0. The zero-order chi connectivity index (χ0) is 11.6. The highest BCUT2D eigenvalue weighted by Gasteiger charge is 2.35. The maximum Gasteiger partial charge on any atom is 0.264 e. The van der Waals surface area contributed by atoms with Gasteiger partial charge in [-0.15, -0.1) is 0 Å². The van der Waals surface area contributed by atoms with E-state index in [2.05, 4.69) is 20.8 Å². The zero-order valence-electron chi connectivity index (χ0n) is 9.84. The predicted molar refractivity (Wildman–Crippen MR) is 56.9 cm³/mol. The quantitative estimate of drug-likeness (QED) is 0.755. The molecule has 0 bridgehead atoms. The summed E-state index contributed by atoms with van der Waals surface area (Å²) < 4.78 is 24.6. The number of halogens is 2. The van der Waals surface area contributed by atoms with Crippen LogP contribution < -0.4 is 0 Å². The molecule has 1 unspecified atom stereocenters. The third-order valence-corrected chi connectivity index (χ3v) is 3.74. The van der Waals surface area contributed by atoms with Crippen molar-refractivity contribution in [2.45, 2.75) is 59.0 Å². The van der Waals surface area contributed by atoms with Gasteiger partial charge < -0.3 is 5.11 Å². The first-order valence-corrected chi connectivity index (χ1v) is 5.78. The van der Waals surface area contributed by atoms with Crippen LogP contribution in [0, 0.1) is 17.3 Å². The molecular formula is C12H22F2O. The fourth-order valence-corrected chi connectivity index (χ4v) is 2.53. The molecule has 0 aromatic rings. The Morgan fingerprint density at radius 2 is 1.53 bits per heavy atom. The average Bonchev–Trinajstić information content (AvgIpc) is 2.15. The molecule has 0 spiro atoms. The minimum Gasteiger partial charge on any atom is -0.387 e. The van der Waals surface area contributed by atoms with Gasteiger partial charge in [-0.3, -0.25) is 0 Å². The summed E-state index contributed by atoms with van der Waals surface area (Å²) in [7, 11) is 0. The summed E-state index contributed by atoms with van der Waals surface area (Å²) in [5.74, 6) is 0.419. The smallest absolute Gasteiger partial charge is 0.264 e. The molecule has 0 saturated heterocycles. The lowest BCUT2D eigenvalue weighted by Crippen LogP contribution is -2.34. The van der Waals surface area contributed by atoms with Gasteiger partial charge in [-0.1, -0.05) is 20.8 Å². The Labute approximate surface area is 90.9 Å². The molecule has 0 amide bonds. The molecule has 1 aliphatic rings. The van der Waals surface area contributed by atoms with Gasteiger partial charge in [0.15, 0.2) is 0 Å². The first-order chi connectivity index (χ1) is 6.82. The summed E-state index contributed by atoms with van der Waals surface area (Å²) in [6, 6.07) is 0. The van der Waals surface area contributed by atoms with E-state index in [1.54, 1.807) is 0 Å². The Balaban J connectivity index is 2.42. The van der Waals surface area contributed by atoms with Gasteiger partial charge in [0.1, 0.15) is 6.10 Å². The van der Waals surface area contributed by atoms with E-state index in [0.29, 0.717) is 5.92 Å². The van der Waals surface area contributed by atoms with Crippen molar-refractivity contribution in [1.29, 1.82) is 0 Å². The molecule has 1 saturated carbocycles. The molecule has 0 aliphatic heterocycles. The van der Waals surface area contributed by atoms with Crippen LogP contribution >= 0.6 is 0 Å². The molecule has 1 nitrogen and oxygen atoms in total. The number of hydrogen-bond acceptors (Lipinski definition) is 1. The van der Waals surface area contributed by atoms with Crippen molar-refractivity contribution in [3.05, 3.63) is 0 Å². The lowest BCUT2D eigenvalue weighted by Gasteiger charge is -2.38. The topological polar surface area (TPSA) is 20.2 Å². The van der Waals surface area contributed by atoms with Gasteiger partial charge >= 0.3 is 0 Å². The van der Waals surface area contributed by atoms with Gasteiger partial charge in [0.05, 0.1) is 0 Å². The Bertz CT molecular complexity index is 190. The minimum atomic E-state index is -2.58. The molecule has 1 rings (SSSR count). The van der Waals surface area contributed by atoms with Gasteiger partial charge in [0, 0.05) is 0 Å². The number of aliphatic hydroxyl groups excluding tert-OH is 1. The van der Waals surface area contributed by atoms with E-state index in [-0.39, 0.29) is 11.3 Å². The van der Waals surface area contributed by atoms with Gasteiger partial charge in [-0.05, 0) is 42.9 Å². The molecule has 0 heterocycles. The Morgan fingerprint density at radius 3 is 1.87 bits per heavy atom. The van der Waals surface area contributed by atoms with Crippen molar-refractivity contribution in [1.82, 2.24) is 0 Å². The van der Waals surface area contributed by atoms with Crippen molar-refractivity contribution in [3.63, 3.8) is 0 Å². The van der Waals surface area contributed by atoms with Crippen molar-refractivity contribution < 1.29 is 13.9 Å². The van der Waals surface area contributed by atoms with Gasteiger partial charge in [0.25, 0.3) is 6.43 Å². The van der Waals surface area contributed by atoms with E-state index >= 15 is 0 Å². The van der Waals surface area contributed by atoms with Crippen LogP contribution in [0.1, 0.15) is 46.5 Å². The standard InChI is InChI=1S/C12H22F2O/c1-12(2,3)9-6-4-8(5-7-9)10(15)11(13)14/h8-11,15H,4-7H2,1-3H3. The van der Waals surface area contributed by atoms with Gasteiger partial charge in [0.2, 0.25) is 0 Å². The van der Waals surface area contributed by atoms with Gasteiger partial charge in [-0.25, -0.2) is 8.78 Å². The number of hydrogen-bond donors (Lipinski definition) is 1. The monoisotopic (exact) mass is 220 g/mol. The largest absolute Gasteiger partial charge is 0.387 e. The maximum atomic E-state index is 12.3. The van der Waals surface area contributed by atoms with Crippen LogP contribution in [0.5, 0.6) is 0 Å². The molecule has 1 fully saturated rings. The normalized spacial score (nSPS) is 30.6. The highest BCUT2D eigenvalue weighted by atomic mass is 19.3. The van der Waals surface area contributed by atoms with E-state index in [0.717, 1.165) is 25.7 Å². The molecule has 1 N–H and O–H groups in total. The Hall–Kier alpha value is -0.180. The molecule has 0 aromatic heterocycles. The first kappa shape index (κ1) is 12.9. The van der Waals surface area contributed by atoms with Crippen LogP contribution in [-0.2, 0) is 0 Å². The molecule has 1 aliphatic carbocycles. The Morgan fingerprint density at radius 1 is 1.07 bits per heavy atom. The zero-order valence-corrected chi connectivity index (χ0v) is 9.84. The Kier molecular flexibility index (Phi) is 4.10. The van der Waals surface area contributed by atoms with Crippen LogP contribution in [0.3, 0.4) is 0 Å². The summed E-state index contributed by atoms with van der Waals surface area (Å²) in [6.45, 7) is 6.59. The second-order valence-electron chi connectivity index (χ2n) is 5.80. The van der Waals surface area contributed by atoms with Crippen LogP contribution in [0.4, 0.5) is 8.78 Å². The molecule has 0 aromatic carbocycles. The lowest BCUT2D eigenvalue weighted by atomic mass is 9.69. The second kappa shape index (κ2) is 4.77. The number of rotatable bonds is 2. The first-order valence-electron chi connectivity index (χ1n) is 5.78. The van der Waals surface area contributed by atoms with E-state index in [1.807, 2.05) is 0 Å². The third-order valence-electron chi connectivity index (χ3n) is 3.74. The molecule has 15 heavy (non-hydrogen) atoms. The third kappa shape index (κ3) is 3.40. The summed E-state index contributed by atoms with van der Waals surface area (Å²) >= 11 is 0. The van der Waals surface area contributed by atoms with Crippen molar-refractivity contribution >= 4 is 0 Å². The van der Waals surface area contributed by atoms with Crippen molar-refractivity contribution in [3.8, 4) is 0 Å². The van der Waals surface area contributed by atoms with Crippen LogP contribution in [0.2, 0.25) is 0 Å². The SMILES string of the molecule is CC(C)(C)C1CCC(C(O)C(F)F)CC1. The lowest BCUT2D eigenvalue weighted by molar-refractivity contribution is -0.0545. The van der Waals surface area contributed by atoms with Crippen molar-refractivity contribution in [2.75, 3.05) is 0 Å². The predicted octanol–water partition coefficient (Wildman–Crippen LogP) is 3.46. The average molecular weight is 220 g/mol. The number of alkyl halides is 2. The van der Waals surface area contributed by atoms with E-state index in [9.17, 15) is 13.9 Å². The molecule has 1 atom stereocenters. The molecule has 0 radical (unpaired) electrons. The summed E-state index contributed by atoms with van der Waals surface area (Å²) in [5, 5.41) is 9.29. The van der Waals surface area contributed by atoms with Crippen molar-refractivity contribution in [2.24, 2.45) is 17.3 Å². The fourth-order valence-electron chi connectivity index (χ4n) is 2.53. The maximum absolute atomic E-state index is 12.3. The summed E-state index contributed by atoms with van der Waals surface area (Å²) in [6.07, 6.45) is -0.566. The van der Waals surface area contributed by atoms with Crippen LogP contribution in [0.25, 0.3) is 0 Å². The molecule has 90 valence electrons. The fraction of sp³-hybridized carbons (Fsp3) is 1.00. The molecule has 3 heteroatoms. The van der Waals surface area contributed by atoms with Gasteiger partial charge in [-0.2, -0.15) is 0 Å². The molecular weight excluding hydrogens is 198 g/mol. The minimum absolute atomic E-state index is 0.191. The second-order valence-corrected chi connectivity index (χ2v) is 5.80.